The van der Waals surface area contributed by atoms with Gasteiger partial charge in [0, 0.05) is 18.0 Å². The number of benzene rings is 1. The monoisotopic (exact) mass is 432 g/mol. The Labute approximate surface area is 186 Å². The number of para-hydroxylation sites is 2. The van der Waals surface area contributed by atoms with Gasteiger partial charge in [0.05, 0.1) is 18.2 Å². The topological polar surface area (TPSA) is 59.9 Å². The molecule has 0 fully saturated rings. The molecule has 0 spiro atoms. The van der Waals surface area contributed by atoms with Gasteiger partial charge in [0.25, 0.3) is 0 Å². The van der Waals surface area contributed by atoms with Crippen LogP contribution in [0.2, 0.25) is 16.6 Å². The van der Waals surface area contributed by atoms with Gasteiger partial charge in [-0.05, 0) is 34.8 Å². The van der Waals surface area contributed by atoms with E-state index < -0.39 is 8.07 Å². The Morgan fingerprint density at radius 1 is 0.935 bits per heavy atom. The van der Waals surface area contributed by atoms with E-state index in [-0.39, 0.29) is 0 Å². The second-order valence-corrected chi connectivity index (χ2v) is 14.3. The van der Waals surface area contributed by atoms with Gasteiger partial charge in [-0.2, -0.15) is 4.98 Å². The fourth-order valence-corrected chi connectivity index (χ4v) is 9.80. The van der Waals surface area contributed by atoms with E-state index in [0.717, 1.165) is 22.4 Å². The number of hydrogen-bond donors (Lipinski definition) is 1. The van der Waals surface area contributed by atoms with Crippen molar-refractivity contribution in [1.29, 1.82) is 0 Å². The van der Waals surface area contributed by atoms with Gasteiger partial charge in [0.15, 0.2) is 5.65 Å². The molecule has 3 rings (SSSR count). The number of fused-ring (bicyclic) bond motifs is 1. The van der Waals surface area contributed by atoms with Gasteiger partial charge in [0.2, 0.25) is 5.95 Å². The number of aromatic nitrogens is 3. The first kappa shape index (κ1) is 22.8. The summed E-state index contributed by atoms with van der Waals surface area (Å²) in [5.74, 6) is 4.72. The highest BCUT2D eigenvalue weighted by molar-refractivity contribution is 6.90. The third-order valence-electron chi connectivity index (χ3n) is 6.13. The van der Waals surface area contributed by atoms with E-state index in [9.17, 15) is 0 Å². The molecule has 0 saturated heterocycles. The van der Waals surface area contributed by atoms with Crippen LogP contribution in [0.3, 0.4) is 0 Å². The minimum absolute atomic E-state index is 0.477. The minimum atomic E-state index is -1.82. The van der Waals surface area contributed by atoms with Crippen LogP contribution >= 0.6 is 0 Å². The molecule has 0 aliphatic carbocycles. The van der Waals surface area contributed by atoms with E-state index in [1.54, 1.807) is 19.5 Å². The molecule has 162 valence electrons. The maximum absolute atomic E-state index is 5.40. The van der Waals surface area contributed by atoms with Crippen molar-refractivity contribution in [1.82, 2.24) is 15.0 Å². The van der Waals surface area contributed by atoms with E-state index >= 15 is 0 Å². The summed E-state index contributed by atoms with van der Waals surface area (Å²) in [4.78, 5) is 13.6. The van der Waals surface area contributed by atoms with E-state index in [0.29, 0.717) is 28.2 Å². The average Bonchev–Trinajstić information content (AvgIpc) is 2.73. The summed E-state index contributed by atoms with van der Waals surface area (Å²) in [6.45, 7) is 13.9. The lowest BCUT2D eigenvalue weighted by Gasteiger charge is -2.38. The number of nitrogens with one attached hydrogen (secondary N) is 1. The van der Waals surface area contributed by atoms with Crippen molar-refractivity contribution in [3.05, 3.63) is 48.3 Å². The lowest BCUT2D eigenvalue weighted by atomic mass is 10.2. The van der Waals surface area contributed by atoms with E-state index in [1.165, 1.54) is 0 Å². The first-order chi connectivity index (χ1) is 14.8. The molecule has 0 saturated carbocycles. The molecule has 5 nitrogen and oxygen atoms in total. The standard InChI is InChI=1S/C25H32N4OSi/c1-17(2)31(18(3)4,19(5)6)15-13-20-12-14-26-24-21(20)16-27-25(29-24)28-22-10-8-9-11-23(22)30-7/h8-12,14,16-19H,1-7H3,(H,26,27,28,29). The Bertz CT molecular complexity index is 1090. The molecule has 3 aromatic rings. The predicted octanol–water partition coefficient (Wildman–Crippen LogP) is 6.35. The van der Waals surface area contributed by atoms with Gasteiger partial charge in [-0.1, -0.05) is 59.6 Å². The zero-order valence-electron chi connectivity index (χ0n) is 19.5. The molecule has 0 radical (unpaired) electrons. The Hall–Kier alpha value is -2.91. The van der Waals surface area contributed by atoms with Crippen LogP contribution in [0.15, 0.2) is 42.7 Å². The first-order valence-electron chi connectivity index (χ1n) is 10.8. The largest absolute Gasteiger partial charge is 0.495 e. The summed E-state index contributed by atoms with van der Waals surface area (Å²) in [5, 5.41) is 4.09. The van der Waals surface area contributed by atoms with Gasteiger partial charge in [-0.3, -0.25) is 0 Å². The summed E-state index contributed by atoms with van der Waals surface area (Å²) < 4.78 is 5.40. The van der Waals surface area contributed by atoms with Gasteiger partial charge in [0.1, 0.15) is 13.8 Å². The maximum Gasteiger partial charge on any atom is 0.229 e. The van der Waals surface area contributed by atoms with Gasteiger partial charge in [-0.15, -0.1) is 5.54 Å². The summed E-state index contributed by atoms with van der Waals surface area (Å²) in [6, 6.07) is 9.64. The Balaban J connectivity index is 2.01. The van der Waals surface area contributed by atoms with Crippen molar-refractivity contribution < 1.29 is 4.74 Å². The van der Waals surface area contributed by atoms with Crippen LogP contribution < -0.4 is 10.1 Å². The molecule has 0 aliphatic rings. The van der Waals surface area contributed by atoms with Crippen LogP contribution in [-0.2, 0) is 0 Å². The Kier molecular flexibility index (Phi) is 6.96. The normalized spacial score (nSPS) is 11.7. The van der Waals surface area contributed by atoms with Crippen LogP contribution in [0.5, 0.6) is 5.75 Å². The second-order valence-electron chi connectivity index (χ2n) is 8.76. The number of hydrogen-bond acceptors (Lipinski definition) is 5. The van der Waals surface area contributed by atoms with Gasteiger partial charge in [-0.25, -0.2) is 9.97 Å². The van der Waals surface area contributed by atoms with Crippen molar-refractivity contribution in [2.24, 2.45) is 0 Å². The SMILES string of the molecule is COc1ccccc1Nc1ncc2c(C#C[Si](C(C)C)(C(C)C)C(C)C)ccnc2n1. The molecule has 0 atom stereocenters. The highest BCUT2D eigenvalue weighted by Gasteiger charge is 2.41. The minimum Gasteiger partial charge on any atom is -0.495 e. The van der Waals surface area contributed by atoms with Crippen LogP contribution in [0.1, 0.15) is 47.1 Å². The fourth-order valence-electron chi connectivity index (χ4n) is 4.58. The first-order valence-corrected chi connectivity index (χ1v) is 13.1. The number of rotatable bonds is 6. The number of nitrogens with zero attached hydrogens (tertiary/aromatic N) is 3. The molecule has 31 heavy (non-hydrogen) atoms. The molecular weight excluding hydrogens is 400 g/mol. The van der Waals surface area contributed by atoms with Crippen molar-refractivity contribution in [3.8, 4) is 17.2 Å². The number of anilines is 2. The van der Waals surface area contributed by atoms with E-state index in [2.05, 4.69) is 73.3 Å². The van der Waals surface area contributed by atoms with Crippen LogP contribution in [-0.4, -0.2) is 30.1 Å². The highest BCUT2D eigenvalue weighted by Crippen LogP contribution is 2.40. The van der Waals surface area contributed by atoms with E-state index in [1.807, 2.05) is 30.3 Å². The van der Waals surface area contributed by atoms with Crippen LogP contribution in [0.25, 0.3) is 11.0 Å². The highest BCUT2D eigenvalue weighted by atomic mass is 28.3. The van der Waals surface area contributed by atoms with Crippen molar-refractivity contribution in [2.45, 2.75) is 58.2 Å². The lowest BCUT2D eigenvalue weighted by Crippen LogP contribution is -2.43. The van der Waals surface area contributed by atoms with Crippen molar-refractivity contribution in [3.63, 3.8) is 0 Å². The van der Waals surface area contributed by atoms with Crippen LogP contribution in [0.4, 0.5) is 11.6 Å². The summed E-state index contributed by atoms with van der Waals surface area (Å²) in [6.07, 6.45) is 3.58. The van der Waals surface area contributed by atoms with Crippen molar-refractivity contribution in [2.75, 3.05) is 12.4 Å². The number of ether oxygens (including phenoxy) is 1. The molecule has 6 heteroatoms. The number of pyridine rings is 1. The molecule has 1 aromatic carbocycles. The Morgan fingerprint density at radius 2 is 1.61 bits per heavy atom. The summed E-state index contributed by atoms with van der Waals surface area (Å²) in [7, 11) is -0.177. The second kappa shape index (κ2) is 9.48. The fraction of sp³-hybridized carbons (Fsp3) is 0.400. The molecule has 0 bridgehead atoms. The zero-order valence-corrected chi connectivity index (χ0v) is 20.5. The molecule has 2 aromatic heterocycles. The van der Waals surface area contributed by atoms with Crippen molar-refractivity contribution >= 4 is 30.7 Å². The molecule has 2 heterocycles. The summed E-state index contributed by atoms with van der Waals surface area (Å²) in [5.41, 5.74) is 7.91. The molecular formula is C25H32N4OSi. The molecule has 1 N–H and O–H groups in total. The average molecular weight is 433 g/mol. The maximum atomic E-state index is 5.40. The van der Waals surface area contributed by atoms with Gasteiger partial charge < -0.3 is 10.1 Å². The van der Waals surface area contributed by atoms with Gasteiger partial charge >= 0.3 is 0 Å². The number of methoxy groups -OCH3 is 1. The smallest absolute Gasteiger partial charge is 0.229 e. The molecule has 0 unspecified atom stereocenters. The third kappa shape index (κ3) is 4.57. The third-order valence-corrected chi connectivity index (χ3v) is 12.4. The molecule has 0 aliphatic heterocycles. The summed E-state index contributed by atoms with van der Waals surface area (Å²) >= 11 is 0. The molecule has 0 amide bonds. The van der Waals surface area contributed by atoms with Crippen LogP contribution in [0, 0.1) is 11.5 Å². The predicted molar refractivity (Wildman–Crippen MR) is 132 cm³/mol. The Morgan fingerprint density at radius 3 is 2.26 bits per heavy atom. The zero-order chi connectivity index (χ0) is 22.6. The quantitative estimate of drug-likeness (QED) is 0.363. The lowest BCUT2D eigenvalue weighted by molar-refractivity contribution is 0.417. The van der Waals surface area contributed by atoms with E-state index in [4.69, 9.17) is 4.74 Å².